The van der Waals surface area contributed by atoms with Crippen molar-refractivity contribution in [3.63, 3.8) is 0 Å². The van der Waals surface area contributed by atoms with Gasteiger partial charge in [0.25, 0.3) is 0 Å². The van der Waals surface area contributed by atoms with Crippen LogP contribution in [-0.2, 0) is 11.3 Å². The molecule has 24 heavy (non-hydrogen) atoms. The highest BCUT2D eigenvalue weighted by atomic mass is 16.5. The van der Waals surface area contributed by atoms with Crippen molar-refractivity contribution in [2.45, 2.75) is 57.6 Å². The van der Waals surface area contributed by atoms with Gasteiger partial charge in [0, 0.05) is 26.2 Å². The fraction of sp³-hybridized carbons (Fsp3) is 0.737. The minimum absolute atomic E-state index is 0.547. The molecular formula is C19H31N3O2. The second-order valence-corrected chi connectivity index (χ2v) is 7.03. The third-order valence-corrected chi connectivity index (χ3v) is 5.22. The van der Waals surface area contributed by atoms with Gasteiger partial charge in [-0.1, -0.05) is 32.1 Å². The minimum atomic E-state index is 0.547. The molecule has 0 aromatic carbocycles. The molecule has 2 N–H and O–H groups in total. The zero-order valence-corrected chi connectivity index (χ0v) is 14.8. The Balaban J connectivity index is 1.24. The zero-order valence-electron chi connectivity index (χ0n) is 14.8. The van der Waals surface area contributed by atoms with Gasteiger partial charge in [0.05, 0.1) is 6.26 Å². The molecule has 0 radical (unpaired) electrons. The second kappa shape index (κ2) is 9.11. The average Bonchev–Trinajstić information content (AvgIpc) is 3.19. The van der Waals surface area contributed by atoms with Crippen LogP contribution < -0.4 is 10.6 Å². The monoisotopic (exact) mass is 333 g/mol. The third-order valence-electron chi connectivity index (χ3n) is 5.22. The Kier molecular flexibility index (Phi) is 6.58. The Morgan fingerprint density at radius 3 is 2.96 bits per heavy atom. The van der Waals surface area contributed by atoms with Gasteiger partial charge in [0.15, 0.2) is 5.96 Å². The van der Waals surface area contributed by atoms with E-state index in [-0.39, 0.29) is 0 Å². The lowest BCUT2D eigenvalue weighted by Crippen LogP contribution is -2.40. The number of aliphatic imine (C=N–C) groups is 1. The largest absolute Gasteiger partial charge is 0.467 e. The number of furan rings is 1. The molecule has 5 nitrogen and oxygen atoms in total. The number of hydrogen-bond donors (Lipinski definition) is 2. The maximum atomic E-state index is 5.59. The molecule has 2 fully saturated rings. The molecule has 0 bridgehead atoms. The normalized spacial score (nSPS) is 24.8. The second-order valence-electron chi connectivity index (χ2n) is 7.03. The van der Waals surface area contributed by atoms with Gasteiger partial charge in [-0.15, -0.1) is 0 Å². The Morgan fingerprint density at radius 2 is 2.21 bits per heavy atom. The summed E-state index contributed by atoms with van der Waals surface area (Å²) in [5, 5.41) is 6.98. The first-order valence-electron chi connectivity index (χ1n) is 9.44. The fourth-order valence-corrected chi connectivity index (χ4v) is 3.78. The predicted molar refractivity (Wildman–Crippen MR) is 95.9 cm³/mol. The third kappa shape index (κ3) is 5.26. The number of ether oxygens (including phenoxy) is 1. The summed E-state index contributed by atoms with van der Waals surface area (Å²) < 4.78 is 10.8. The summed E-state index contributed by atoms with van der Waals surface area (Å²) >= 11 is 0. The van der Waals surface area contributed by atoms with Crippen molar-refractivity contribution in [3.8, 4) is 0 Å². The quantitative estimate of drug-likeness (QED) is 0.435. The van der Waals surface area contributed by atoms with Crippen LogP contribution in [0.2, 0.25) is 0 Å². The predicted octanol–water partition coefficient (Wildman–Crippen LogP) is 3.32. The summed E-state index contributed by atoms with van der Waals surface area (Å²) in [4.78, 5) is 4.34. The molecule has 0 saturated heterocycles. The van der Waals surface area contributed by atoms with Crippen molar-refractivity contribution in [2.24, 2.45) is 16.8 Å². The summed E-state index contributed by atoms with van der Waals surface area (Å²) in [6.45, 7) is 2.14. The number of hydrogen-bond acceptors (Lipinski definition) is 3. The standard InChI is InChI=1S/C19H31N3O2/c1-20-19(21-10-6-11-23-14-16-9-5-12-24-16)22-18-13-17(18)15-7-3-2-4-8-15/h5,9,12,15,17-18H,2-4,6-8,10-11,13-14H2,1H3,(H2,20,21,22). The molecule has 2 atom stereocenters. The lowest BCUT2D eigenvalue weighted by molar-refractivity contribution is 0.105. The highest BCUT2D eigenvalue weighted by molar-refractivity contribution is 5.80. The Labute approximate surface area is 145 Å². The van der Waals surface area contributed by atoms with Crippen molar-refractivity contribution in [2.75, 3.05) is 20.2 Å². The van der Waals surface area contributed by atoms with Gasteiger partial charge in [-0.2, -0.15) is 0 Å². The molecule has 2 unspecified atom stereocenters. The van der Waals surface area contributed by atoms with Gasteiger partial charge in [-0.05, 0) is 36.8 Å². The van der Waals surface area contributed by atoms with Crippen molar-refractivity contribution >= 4 is 5.96 Å². The van der Waals surface area contributed by atoms with Gasteiger partial charge < -0.3 is 19.8 Å². The van der Waals surface area contributed by atoms with Crippen LogP contribution in [0.5, 0.6) is 0 Å². The summed E-state index contributed by atoms with van der Waals surface area (Å²) in [5.74, 6) is 3.64. The molecule has 1 aromatic rings. The van der Waals surface area contributed by atoms with Gasteiger partial charge in [0.2, 0.25) is 0 Å². The van der Waals surface area contributed by atoms with Crippen LogP contribution in [0.3, 0.4) is 0 Å². The van der Waals surface area contributed by atoms with Gasteiger partial charge in [0.1, 0.15) is 12.4 Å². The van der Waals surface area contributed by atoms with Crippen LogP contribution >= 0.6 is 0 Å². The van der Waals surface area contributed by atoms with E-state index in [1.54, 1.807) is 6.26 Å². The first-order chi connectivity index (χ1) is 11.9. The van der Waals surface area contributed by atoms with Gasteiger partial charge in [-0.3, -0.25) is 4.99 Å². The highest BCUT2D eigenvalue weighted by Gasteiger charge is 2.43. The summed E-state index contributed by atoms with van der Waals surface area (Å²) in [7, 11) is 1.85. The number of rotatable bonds is 8. The van der Waals surface area contributed by atoms with Crippen LogP contribution in [0.4, 0.5) is 0 Å². The van der Waals surface area contributed by atoms with Crippen molar-refractivity contribution in [1.29, 1.82) is 0 Å². The van der Waals surface area contributed by atoms with Crippen LogP contribution in [0.1, 0.15) is 50.7 Å². The Morgan fingerprint density at radius 1 is 1.33 bits per heavy atom. The molecular weight excluding hydrogens is 302 g/mol. The highest BCUT2D eigenvalue weighted by Crippen LogP contribution is 2.44. The van der Waals surface area contributed by atoms with E-state index in [4.69, 9.17) is 9.15 Å². The first-order valence-corrected chi connectivity index (χ1v) is 9.44. The molecule has 1 heterocycles. The van der Waals surface area contributed by atoms with E-state index in [1.807, 2.05) is 19.2 Å². The molecule has 3 rings (SSSR count). The SMILES string of the molecule is CN=C(NCCCOCc1ccco1)NC1CC1C1CCCCC1. The molecule has 2 saturated carbocycles. The molecule has 5 heteroatoms. The molecule has 0 spiro atoms. The fourth-order valence-electron chi connectivity index (χ4n) is 3.78. The van der Waals surface area contributed by atoms with E-state index in [1.165, 1.54) is 38.5 Å². The molecule has 0 amide bonds. The first kappa shape index (κ1) is 17.3. The Hall–Kier alpha value is -1.49. The van der Waals surface area contributed by atoms with Crippen molar-refractivity contribution in [1.82, 2.24) is 10.6 Å². The maximum Gasteiger partial charge on any atom is 0.191 e. The maximum absolute atomic E-state index is 5.59. The van der Waals surface area contributed by atoms with E-state index < -0.39 is 0 Å². The average molecular weight is 333 g/mol. The molecule has 134 valence electrons. The topological polar surface area (TPSA) is 58.8 Å². The van der Waals surface area contributed by atoms with Crippen molar-refractivity contribution in [3.05, 3.63) is 24.2 Å². The Bertz CT molecular complexity index is 495. The van der Waals surface area contributed by atoms with Gasteiger partial charge in [-0.25, -0.2) is 0 Å². The van der Waals surface area contributed by atoms with Crippen LogP contribution in [0.25, 0.3) is 0 Å². The van der Waals surface area contributed by atoms with E-state index in [0.717, 1.165) is 43.1 Å². The molecule has 2 aliphatic rings. The van der Waals surface area contributed by atoms with Crippen molar-refractivity contribution < 1.29 is 9.15 Å². The van der Waals surface area contributed by atoms with E-state index in [9.17, 15) is 0 Å². The van der Waals surface area contributed by atoms with E-state index in [2.05, 4.69) is 15.6 Å². The minimum Gasteiger partial charge on any atom is -0.467 e. The number of nitrogens with one attached hydrogen (secondary N) is 2. The summed E-state index contributed by atoms with van der Waals surface area (Å²) in [6.07, 6.45) is 11.1. The van der Waals surface area contributed by atoms with Crippen LogP contribution in [0, 0.1) is 11.8 Å². The summed E-state index contributed by atoms with van der Waals surface area (Å²) in [5.41, 5.74) is 0. The number of nitrogens with zero attached hydrogens (tertiary/aromatic N) is 1. The molecule has 2 aliphatic carbocycles. The van der Waals surface area contributed by atoms with Crippen LogP contribution in [0.15, 0.2) is 27.8 Å². The zero-order chi connectivity index (χ0) is 16.6. The number of guanidine groups is 1. The molecule has 0 aliphatic heterocycles. The molecule has 1 aromatic heterocycles. The van der Waals surface area contributed by atoms with Crippen LogP contribution in [-0.4, -0.2) is 32.2 Å². The smallest absolute Gasteiger partial charge is 0.191 e. The lowest BCUT2D eigenvalue weighted by Gasteiger charge is -2.22. The summed E-state index contributed by atoms with van der Waals surface area (Å²) in [6, 6.07) is 4.45. The van der Waals surface area contributed by atoms with E-state index >= 15 is 0 Å². The van der Waals surface area contributed by atoms with Gasteiger partial charge >= 0.3 is 0 Å². The van der Waals surface area contributed by atoms with E-state index in [0.29, 0.717) is 12.6 Å². The lowest BCUT2D eigenvalue weighted by atomic mass is 9.85.